The van der Waals surface area contributed by atoms with Crippen molar-refractivity contribution in [3.05, 3.63) is 70.5 Å². The molecule has 1 aliphatic carbocycles. The molecule has 6 nitrogen and oxygen atoms in total. The molecule has 41 heavy (non-hydrogen) atoms. The van der Waals surface area contributed by atoms with Crippen molar-refractivity contribution in [2.45, 2.75) is 63.7 Å². The number of nitrogens with one attached hydrogen (secondary N) is 1. The summed E-state index contributed by atoms with van der Waals surface area (Å²) in [5.74, 6) is -10.4. The summed E-state index contributed by atoms with van der Waals surface area (Å²) in [5, 5.41) is 2.35. The fourth-order valence-corrected chi connectivity index (χ4v) is 5.50. The van der Waals surface area contributed by atoms with E-state index in [-0.39, 0.29) is 17.7 Å². The minimum Gasteiger partial charge on any atom is -0.369 e. The highest BCUT2D eigenvalue weighted by Gasteiger charge is 2.48. The molecule has 2 aromatic carbocycles. The summed E-state index contributed by atoms with van der Waals surface area (Å²) in [7, 11) is 0. The van der Waals surface area contributed by atoms with E-state index in [1.165, 1.54) is 12.1 Å². The number of aliphatic imine (C=N–C) groups is 1. The lowest BCUT2D eigenvalue weighted by molar-refractivity contribution is -0.149. The van der Waals surface area contributed by atoms with Crippen LogP contribution in [0.3, 0.4) is 0 Å². The number of nitrogens with two attached hydrogens (primary N) is 1. The Bertz CT molecular complexity index is 1370. The SMILES string of the molecule is Cc1cccc(C2=N[C@H](NC(=O)[C@H](CCC(F)(F)F)[C@H](CC3CC(F)(F)C3)C(N)=O)C(=O)Cc3c(F)cccc32)c1. The molecular formula is C29H29F6N3O3. The Morgan fingerprint density at radius 3 is 2.41 bits per heavy atom. The monoisotopic (exact) mass is 581 g/mol. The van der Waals surface area contributed by atoms with Crippen LogP contribution in [-0.4, -0.2) is 41.6 Å². The first-order valence-electron chi connectivity index (χ1n) is 13.1. The van der Waals surface area contributed by atoms with Gasteiger partial charge in [-0.15, -0.1) is 0 Å². The predicted octanol–water partition coefficient (Wildman–Crippen LogP) is 5.03. The lowest BCUT2D eigenvalue weighted by atomic mass is 9.72. The van der Waals surface area contributed by atoms with Crippen molar-refractivity contribution in [3.8, 4) is 0 Å². The summed E-state index contributed by atoms with van der Waals surface area (Å²) in [6, 6.07) is 11.1. The molecular weight excluding hydrogens is 552 g/mol. The first kappa shape index (κ1) is 30.3. The Hall–Kier alpha value is -3.70. The zero-order valence-electron chi connectivity index (χ0n) is 22.1. The number of rotatable bonds is 9. The van der Waals surface area contributed by atoms with Gasteiger partial charge in [0.05, 0.1) is 5.71 Å². The van der Waals surface area contributed by atoms with E-state index in [9.17, 15) is 40.7 Å². The standard InChI is InChI=1S/C29H29F6N3O3/c1-15-4-2-5-17(10-15)24-18-6-3-7-22(30)20(18)12-23(39)26(37-24)38-27(41)19(8-9-29(33,34)35)21(25(36)40)11-16-13-28(31,32)14-16/h2-7,10,16,19,21,26H,8-9,11-14H2,1H3,(H2,36,40)(H,38,41)/t19-,21+,26-/m1/s1. The quantitative estimate of drug-likeness (QED) is 0.406. The number of benzene rings is 2. The number of alkyl halides is 5. The van der Waals surface area contributed by atoms with Gasteiger partial charge in [0.25, 0.3) is 0 Å². The largest absolute Gasteiger partial charge is 0.389 e. The molecule has 1 aliphatic heterocycles. The second kappa shape index (κ2) is 11.7. The molecule has 2 amide bonds. The third kappa shape index (κ3) is 7.34. The number of Topliss-reactive ketones (excluding diaryl/α,β-unsaturated/α-hetero) is 1. The van der Waals surface area contributed by atoms with Crippen molar-refractivity contribution in [1.82, 2.24) is 5.32 Å². The maximum atomic E-state index is 14.8. The lowest BCUT2D eigenvalue weighted by Crippen LogP contribution is -2.48. The highest BCUT2D eigenvalue weighted by Crippen LogP contribution is 2.46. The number of nitrogens with zero attached hydrogens (tertiary/aromatic N) is 1. The molecule has 12 heteroatoms. The van der Waals surface area contributed by atoms with Gasteiger partial charge >= 0.3 is 6.18 Å². The van der Waals surface area contributed by atoms with Crippen LogP contribution in [0.4, 0.5) is 26.3 Å². The topological polar surface area (TPSA) is 102 Å². The molecule has 1 heterocycles. The van der Waals surface area contributed by atoms with Gasteiger partial charge in [-0.2, -0.15) is 13.2 Å². The Kier molecular flexibility index (Phi) is 8.60. The molecule has 220 valence electrons. The first-order chi connectivity index (χ1) is 19.1. The van der Waals surface area contributed by atoms with Crippen molar-refractivity contribution in [2.75, 3.05) is 0 Å². The Morgan fingerprint density at radius 2 is 1.80 bits per heavy atom. The number of ketones is 1. The van der Waals surface area contributed by atoms with Crippen molar-refractivity contribution >= 4 is 23.3 Å². The third-order valence-corrected chi connectivity index (χ3v) is 7.55. The zero-order chi connectivity index (χ0) is 30.1. The van der Waals surface area contributed by atoms with Crippen molar-refractivity contribution in [1.29, 1.82) is 0 Å². The average Bonchev–Trinajstić information content (AvgIpc) is 2.98. The Morgan fingerprint density at radius 1 is 1.12 bits per heavy atom. The van der Waals surface area contributed by atoms with E-state index < -0.39 is 91.5 Å². The van der Waals surface area contributed by atoms with Crippen molar-refractivity contribution < 1.29 is 40.7 Å². The van der Waals surface area contributed by atoms with Crippen LogP contribution in [0, 0.1) is 30.5 Å². The number of carbonyl (C=O) groups excluding carboxylic acids is 3. The molecule has 0 saturated heterocycles. The van der Waals surface area contributed by atoms with E-state index in [0.717, 1.165) is 5.56 Å². The summed E-state index contributed by atoms with van der Waals surface area (Å²) in [4.78, 5) is 43.4. The predicted molar refractivity (Wildman–Crippen MR) is 138 cm³/mol. The molecule has 4 rings (SSSR count). The van der Waals surface area contributed by atoms with Crippen LogP contribution in [0.2, 0.25) is 0 Å². The Labute approximate surface area is 232 Å². The number of hydrogen-bond acceptors (Lipinski definition) is 4. The summed E-state index contributed by atoms with van der Waals surface area (Å²) in [6.07, 6.45) is -10.5. The molecule has 1 fully saturated rings. The van der Waals surface area contributed by atoms with Crippen LogP contribution in [-0.2, 0) is 20.8 Å². The number of halogens is 6. The van der Waals surface area contributed by atoms with Gasteiger partial charge in [-0.1, -0.05) is 35.9 Å². The third-order valence-electron chi connectivity index (χ3n) is 7.55. The molecule has 3 N–H and O–H groups in total. The molecule has 0 aromatic heterocycles. The normalized spacial score (nSPS) is 20.2. The van der Waals surface area contributed by atoms with Crippen molar-refractivity contribution in [2.24, 2.45) is 28.5 Å². The fourth-order valence-electron chi connectivity index (χ4n) is 5.50. The van der Waals surface area contributed by atoms with E-state index in [0.29, 0.717) is 11.1 Å². The van der Waals surface area contributed by atoms with Crippen LogP contribution in [0.1, 0.15) is 54.4 Å². The molecule has 0 radical (unpaired) electrons. The second-order valence-electron chi connectivity index (χ2n) is 10.8. The van der Waals surface area contributed by atoms with E-state index in [4.69, 9.17) is 5.73 Å². The van der Waals surface area contributed by atoms with Gasteiger partial charge in [-0.3, -0.25) is 19.4 Å². The molecule has 1 saturated carbocycles. The summed E-state index contributed by atoms with van der Waals surface area (Å²) < 4.78 is 81.1. The van der Waals surface area contributed by atoms with E-state index >= 15 is 0 Å². The molecule has 0 unspecified atom stereocenters. The molecule has 0 spiro atoms. The Balaban J connectivity index is 1.68. The summed E-state index contributed by atoms with van der Waals surface area (Å²) in [5.41, 5.74) is 7.35. The molecule has 2 aliphatic rings. The summed E-state index contributed by atoms with van der Waals surface area (Å²) >= 11 is 0. The molecule has 2 aromatic rings. The number of amides is 2. The average molecular weight is 582 g/mol. The number of primary amides is 1. The van der Waals surface area contributed by atoms with Crippen LogP contribution >= 0.6 is 0 Å². The summed E-state index contributed by atoms with van der Waals surface area (Å²) in [6.45, 7) is 1.81. The van der Waals surface area contributed by atoms with Crippen LogP contribution in [0.5, 0.6) is 0 Å². The maximum absolute atomic E-state index is 14.8. The second-order valence-corrected chi connectivity index (χ2v) is 10.8. The lowest BCUT2D eigenvalue weighted by Gasteiger charge is -2.38. The van der Waals surface area contributed by atoms with Gasteiger partial charge in [0.1, 0.15) is 5.82 Å². The number of carbonyl (C=O) groups is 3. The smallest absolute Gasteiger partial charge is 0.369 e. The van der Waals surface area contributed by atoms with Gasteiger partial charge in [0.2, 0.25) is 17.7 Å². The number of fused-ring (bicyclic) bond motifs is 1. The van der Waals surface area contributed by atoms with Crippen LogP contribution < -0.4 is 11.1 Å². The minimum absolute atomic E-state index is 0.0454. The molecule has 3 atom stereocenters. The number of aryl methyl sites for hydroxylation is 1. The fraction of sp³-hybridized carbons (Fsp3) is 0.448. The van der Waals surface area contributed by atoms with Crippen LogP contribution in [0.15, 0.2) is 47.5 Å². The zero-order valence-corrected chi connectivity index (χ0v) is 22.1. The van der Waals surface area contributed by atoms with Crippen molar-refractivity contribution in [3.63, 3.8) is 0 Å². The van der Waals surface area contributed by atoms with E-state index in [2.05, 4.69) is 10.3 Å². The molecule has 0 bridgehead atoms. The van der Waals surface area contributed by atoms with E-state index in [1.807, 2.05) is 13.0 Å². The van der Waals surface area contributed by atoms with Gasteiger partial charge in [-0.05, 0) is 37.8 Å². The van der Waals surface area contributed by atoms with Gasteiger partial charge in [0, 0.05) is 54.2 Å². The maximum Gasteiger partial charge on any atom is 0.389 e. The first-order valence-corrected chi connectivity index (χ1v) is 13.1. The highest BCUT2D eigenvalue weighted by atomic mass is 19.4. The van der Waals surface area contributed by atoms with E-state index in [1.54, 1.807) is 24.3 Å². The number of hydrogen-bond donors (Lipinski definition) is 2. The van der Waals surface area contributed by atoms with Gasteiger partial charge in [-0.25, -0.2) is 13.2 Å². The van der Waals surface area contributed by atoms with Gasteiger partial charge in [0.15, 0.2) is 11.9 Å². The van der Waals surface area contributed by atoms with Crippen LogP contribution in [0.25, 0.3) is 0 Å². The highest BCUT2D eigenvalue weighted by molar-refractivity contribution is 6.16. The minimum atomic E-state index is -4.68. The van der Waals surface area contributed by atoms with Gasteiger partial charge < -0.3 is 11.1 Å².